The highest BCUT2D eigenvalue weighted by molar-refractivity contribution is 5.13. The number of pyridine rings is 1. The molecule has 0 aliphatic rings. The Bertz CT molecular complexity index is 517. The average Bonchev–Trinajstić information content (AvgIpc) is 2.29. The Morgan fingerprint density at radius 3 is 2.62 bits per heavy atom. The van der Waals surface area contributed by atoms with Crippen molar-refractivity contribution in [1.29, 1.82) is 0 Å². The molecule has 3 nitrogen and oxygen atoms in total. The minimum Gasteiger partial charge on any atom is -0.409 e. The van der Waals surface area contributed by atoms with Crippen molar-refractivity contribution in [3.05, 3.63) is 70.1 Å². The summed E-state index contributed by atoms with van der Waals surface area (Å²) in [6.45, 7) is 2.33. The summed E-state index contributed by atoms with van der Waals surface area (Å²) in [5.74, 6) is 0. The largest absolute Gasteiger partial charge is 0.409 e. The molecule has 0 unspecified atom stereocenters. The Kier molecular flexibility index (Phi) is 3.05. The van der Waals surface area contributed by atoms with Crippen molar-refractivity contribution < 1.29 is 4.84 Å². The third-order valence-electron chi connectivity index (χ3n) is 2.29. The molecule has 0 amide bonds. The number of rotatable bonds is 3. The molecule has 0 saturated carbocycles. The fourth-order valence-corrected chi connectivity index (χ4v) is 1.44. The summed E-state index contributed by atoms with van der Waals surface area (Å²) < 4.78 is 1.61. The number of benzene rings is 1. The van der Waals surface area contributed by atoms with Crippen LogP contribution < -0.4 is 10.3 Å². The number of aromatic nitrogens is 1. The lowest BCUT2D eigenvalue weighted by Crippen LogP contribution is -2.16. The van der Waals surface area contributed by atoms with Gasteiger partial charge in [-0.2, -0.15) is 4.73 Å². The maximum Gasteiger partial charge on any atom is 0.182 e. The van der Waals surface area contributed by atoms with Gasteiger partial charge in [0.2, 0.25) is 0 Å². The lowest BCUT2D eigenvalue weighted by atomic mass is 10.2. The van der Waals surface area contributed by atoms with Crippen LogP contribution >= 0.6 is 0 Å². The standard InChI is InChI=1S/C13H13NO2/c1-11-9-13(15)7-8-14(11)16-10-12-5-3-2-4-6-12/h2-9H,10H2,1H3. The van der Waals surface area contributed by atoms with Gasteiger partial charge in [-0.1, -0.05) is 30.3 Å². The van der Waals surface area contributed by atoms with E-state index in [1.165, 1.54) is 6.07 Å². The molecule has 3 heteroatoms. The first kappa shape index (κ1) is 10.5. The van der Waals surface area contributed by atoms with Crippen molar-refractivity contribution in [3.63, 3.8) is 0 Å². The predicted octanol–water partition coefficient (Wildman–Crippen LogP) is 1.79. The van der Waals surface area contributed by atoms with Crippen molar-refractivity contribution in [2.75, 3.05) is 0 Å². The summed E-state index contributed by atoms with van der Waals surface area (Å²) in [6.07, 6.45) is 1.64. The van der Waals surface area contributed by atoms with Gasteiger partial charge in [0.25, 0.3) is 0 Å². The molecule has 0 spiro atoms. The van der Waals surface area contributed by atoms with Crippen LogP contribution in [-0.4, -0.2) is 4.73 Å². The minimum atomic E-state index is -0.00272. The highest BCUT2D eigenvalue weighted by Gasteiger charge is 1.97. The first-order valence-corrected chi connectivity index (χ1v) is 5.12. The summed E-state index contributed by atoms with van der Waals surface area (Å²) >= 11 is 0. The quantitative estimate of drug-likeness (QED) is 0.781. The van der Waals surface area contributed by atoms with Crippen LogP contribution in [0.25, 0.3) is 0 Å². The van der Waals surface area contributed by atoms with Crippen LogP contribution in [-0.2, 0) is 6.61 Å². The van der Waals surface area contributed by atoms with Gasteiger partial charge < -0.3 is 4.84 Å². The van der Waals surface area contributed by atoms with Gasteiger partial charge in [0.1, 0.15) is 6.61 Å². The first-order chi connectivity index (χ1) is 7.75. The highest BCUT2D eigenvalue weighted by Crippen LogP contribution is 2.00. The lowest BCUT2D eigenvalue weighted by molar-refractivity contribution is 0.0913. The first-order valence-electron chi connectivity index (χ1n) is 5.12. The number of hydrogen-bond acceptors (Lipinski definition) is 2. The Morgan fingerprint density at radius 1 is 1.19 bits per heavy atom. The maximum absolute atomic E-state index is 11.0. The van der Waals surface area contributed by atoms with Gasteiger partial charge in [0.15, 0.2) is 5.43 Å². The molecule has 0 radical (unpaired) electrons. The number of aryl methyl sites for hydroxylation is 1. The van der Waals surface area contributed by atoms with E-state index in [2.05, 4.69) is 0 Å². The monoisotopic (exact) mass is 215 g/mol. The highest BCUT2D eigenvalue weighted by atomic mass is 16.7. The minimum absolute atomic E-state index is 0.00272. The molecule has 1 heterocycles. The van der Waals surface area contributed by atoms with Gasteiger partial charge in [0.05, 0.1) is 5.69 Å². The summed E-state index contributed by atoms with van der Waals surface area (Å²) in [7, 11) is 0. The third-order valence-corrected chi connectivity index (χ3v) is 2.29. The maximum atomic E-state index is 11.0. The number of nitrogens with zero attached hydrogens (tertiary/aromatic N) is 1. The van der Waals surface area contributed by atoms with Crippen molar-refractivity contribution in [2.24, 2.45) is 0 Å². The molecule has 0 aliphatic carbocycles. The van der Waals surface area contributed by atoms with Gasteiger partial charge in [-0.05, 0) is 12.5 Å². The zero-order valence-corrected chi connectivity index (χ0v) is 9.09. The Hall–Kier alpha value is -2.03. The smallest absolute Gasteiger partial charge is 0.182 e. The predicted molar refractivity (Wildman–Crippen MR) is 62.2 cm³/mol. The van der Waals surface area contributed by atoms with Gasteiger partial charge >= 0.3 is 0 Å². The molecular formula is C13H13NO2. The lowest BCUT2D eigenvalue weighted by Gasteiger charge is -2.11. The van der Waals surface area contributed by atoms with E-state index < -0.39 is 0 Å². The molecule has 2 aromatic rings. The van der Waals surface area contributed by atoms with Crippen molar-refractivity contribution in [2.45, 2.75) is 13.5 Å². The fraction of sp³-hybridized carbons (Fsp3) is 0.154. The molecule has 0 fully saturated rings. The molecule has 0 atom stereocenters. The Labute approximate surface area is 93.9 Å². The van der Waals surface area contributed by atoms with Gasteiger partial charge in [-0.25, -0.2) is 0 Å². The molecule has 1 aromatic heterocycles. The van der Waals surface area contributed by atoms with E-state index >= 15 is 0 Å². The molecule has 0 aliphatic heterocycles. The summed E-state index contributed by atoms with van der Waals surface area (Å²) in [5, 5.41) is 0. The second kappa shape index (κ2) is 4.66. The number of hydrogen-bond donors (Lipinski definition) is 0. The summed E-state index contributed by atoms with van der Waals surface area (Å²) in [5.41, 5.74) is 1.89. The van der Waals surface area contributed by atoms with Crippen molar-refractivity contribution in [3.8, 4) is 0 Å². The fourth-order valence-electron chi connectivity index (χ4n) is 1.44. The zero-order valence-electron chi connectivity index (χ0n) is 9.09. The van der Waals surface area contributed by atoms with Crippen LogP contribution in [0.5, 0.6) is 0 Å². The van der Waals surface area contributed by atoms with E-state index in [4.69, 9.17) is 4.84 Å². The third kappa shape index (κ3) is 2.51. The molecular weight excluding hydrogens is 202 g/mol. The average molecular weight is 215 g/mol. The van der Waals surface area contributed by atoms with Gasteiger partial charge in [0, 0.05) is 18.3 Å². The van der Waals surface area contributed by atoms with E-state index in [1.54, 1.807) is 17.0 Å². The molecule has 16 heavy (non-hydrogen) atoms. The van der Waals surface area contributed by atoms with E-state index in [0.29, 0.717) is 6.61 Å². The summed E-state index contributed by atoms with van der Waals surface area (Å²) in [4.78, 5) is 16.6. The van der Waals surface area contributed by atoms with E-state index in [-0.39, 0.29) is 5.43 Å². The normalized spacial score (nSPS) is 10.1. The van der Waals surface area contributed by atoms with E-state index in [1.807, 2.05) is 37.3 Å². The van der Waals surface area contributed by atoms with E-state index in [9.17, 15) is 4.79 Å². The van der Waals surface area contributed by atoms with Crippen LogP contribution in [0.3, 0.4) is 0 Å². The van der Waals surface area contributed by atoms with Crippen LogP contribution in [0.2, 0.25) is 0 Å². The van der Waals surface area contributed by atoms with Crippen LogP contribution in [0.1, 0.15) is 11.3 Å². The van der Waals surface area contributed by atoms with Gasteiger partial charge in [-0.3, -0.25) is 4.79 Å². The molecule has 0 bridgehead atoms. The van der Waals surface area contributed by atoms with E-state index in [0.717, 1.165) is 11.3 Å². The zero-order chi connectivity index (χ0) is 11.4. The molecule has 0 saturated heterocycles. The second-order valence-electron chi connectivity index (χ2n) is 3.59. The summed E-state index contributed by atoms with van der Waals surface area (Å²) in [6, 6.07) is 12.9. The van der Waals surface area contributed by atoms with Crippen molar-refractivity contribution in [1.82, 2.24) is 4.73 Å². The molecule has 0 N–H and O–H groups in total. The SMILES string of the molecule is Cc1cc(=O)ccn1OCc1ccccc1. The second-order valence-corrected chi connectivity index (χ2v) is 3.59. The van der Waals surface area contributed by atoms with Gasteiger partial charge in [-0.15, -0.1) is 0 Å². The van der Waals surface area contributed by atoms with Crippen LogP contribution in [0.15, 0.2) is 53.5 Å². The molecule has 2 rings (SSSR count). The Morgan fingerprint density at radius 2 is 1.94 bits per heavy atom. The molecule has 1 aromatic carbocycles. The van der Waals surface area contributed by atoms with Crippen LogP contribution in [0, 0.1) is 6.92 Å². The topological polar surface area (TPSA) is 31.2 Å². The Balaban J connectivity index is 2.08. The van der Waals surface area contributed by atoms with Crippen LogP contribution in [0.4, 0.5) is 0 Å². The molecule has 82 valence electrons. The van der Waals surface area contributed by atoms with Crippen molar-refractivity contribution >= 4 is 0 Å².